The van der Waals surface area contributed by atoms with E-state index in [1.54, 1.807) is 0 Å². The fraction of sp³-hybridized carbons (Fsp3) is 0.900. The lowest BCUT2D eigenvalue weighted by Crippen LogP contribution is -2.68. The maximum atomic E-state index is 10.8. The monoisotopic (exact) mass is 166 g/mol. The van der Waals surface area contributed by atoms with Crippen molar-refractivity contribution in [2.24, 2.45) is 16.7 Å². The summed E-state index contributed by atoms with van der Waals surface area (Å²) < 4.78 is 0. The zero-order valence-electron chi connectivity index (χ0n) is 7.18. The smallest absolute Gasteiger partial charge is 0.309 e. The van der Waals surface area contributed by atoms with Crippen LogP contribution >= 0.6 is 0 Å². The molecular weight excluding hydrogens is 152 g/mol. The number of carboxylic acids is 1. The average molecular weight is 166 g/mol. The van der Waals surface area contributed by atoms with Crippen molar-refractivity contribution in [2.45, 2.75) is 38.5 Å². The fourth-order valence-electron chi connectivity index (χ4n) is 3.55. The van der Waals surface area contributed by atoms with Crippen LogP contribution in [0.3, 0.4) is 0 Å². The summed E-state index contributed by atoms with van der Waals surface area (Å²) in [5, 5.41) is 8.92. The lowest BCUT2D eigenvalue weighted by Gasteiger charge is -2.72. The zero-order chi connectivity index (χ0) is 8.40. The lowest BCUT2D eigenvalue weighted by molar-refractivity contribution is -0.252. The number of hydrogen-bond acceptors (Lipinski definition) is 1. The van der Waals surface area contributed by atoms with Crippen LogP contribution in [0.2, 0.25) is 0 Å². The Morgan fingerprint density at radius 3 is 2.17 bits per heavy atom. The molecule has 0 amide bonds. The molecule has 2 bridgehead atoms. The van der Waals surface area contributed by atoms with E-state index in [0.717, 1.165) is 25.2 Å². The number of carboxylic acid groups (broad SMARTS) is 1. The first-order valence-corrected chi connectivity index (χ1v) is 4.90. The molecule has 0 spiro atoms. The van der Waals surface area contributed by atoms with E-state index < -0.39 is 5.97 Å². The summed E-state index contributed by atoms with van der Waals surface area (Å²) in [6.07, 6.45) is 7.12. The zero-order valence-corrected chi connectivity index (χ0v) is 7.18. The van der Waals surface area contributed by atoms with E-state index in [0.29, 0.717) is 5.41 Å². The van der Waals surface area contributed by atoms with E-state index in [-0.39, 0.29) is 5.41 Å². The van der Waals surface area contributed by atoms with Gasteiger partial charge in [-0.2, -0.15) is 0 Å². The van der Waals surface area contributed by atoms with Crippen molar-refractivity contribution in [1.82, 2.24) is 0 Å². The van der Waals surface area contributed by atoms with E-state index in [1.807, 2.05) is 0 Å². The highest BCUT2D eigenvalue weighted by atomic mass is 16.4. The van der Waals surface area contributed by atoms with Crippen LogP contribution in [-0.4, -0.2) is 11.1 Å². The molecule has 1 N–H and O–H groups in total. The Labute approximate surface area is 72.0 Å². The molecule has 0 unspecified atom stereocenters. The highest BCUT2D eigenvalue weighted by Gasteiger charge is 2.74. The predicted molar refractivity (Wildman–Crippen MR) is 43.7 cm³/mol. The normalized spacial score (nSPS) is 50.3. The van der Waals surface area contributed by atoms with Gasteiger partial charge >= 0.3 is 5.97 Å². The van der Waals surface area contributed by atoms with E-state index in [2.05, 4.69) is 0 Å². The molecular formula is C10H14O2. The van der Waals surface area contributed by atoms with Crippen LogP contribution in [0.1, 0.15) is 38.5 Å². The quantitative estimate of drug-likeness (QED) is 0.681. The second-order valence-electron chi connectivity index (χ2n) is 5.11. The van der Waals surface area contributed by atoms with Crippen molar-refractivity contribution in [1.29, 1.82) is 0 Å². The van der Waals surface area contributed by atoms with Gasteiger partial charge in [0.25, 0.3) is 0 Å². The van der Waals surface area contributed by atoms with Crippen molar-refractivity contribution >= 4 is 5.97 Å². The van der Waals surface area contributed by atoms with Crippen molar-refractivity contribution < 1.29 is 9.90 Å². The van der Waals surface area contributed by atoms with Crippen LogP contribution in [0.5, 0.6) is 0 Å². The first-order chi connectivity index (χ1) is 5.67. The first-order valence-electron chi connectivity index (χ1n) is 4.90. The topological polar surface area (TPSA) is 37.3 Å². The summed E-state index contributed by atoms with van der Waals surface area (Å²) in [5.74, 6) is 0.363. The Kier molecular flexibility index (Phi) is 0.984. The van der Waals surface area contributed by atoms with Crippen LogP contribution in [0.4, 0.5) is 0 Å². The molecule has 0 radical (unpaired) electrons. The van der Waals surface area contributed by atoms with Gasteiger partial charge in [-0.05, 0) is 43.4 Å². The van der Waals surface area contributed by atoms with Gasteiger partial charge in [0.15, 0.2) is 0 Å². The summed E-state index contributed by atoms with van der Waals surface area (Å²) in [6.45, 7) is 0. The molecule has 4 rings (SSSR count). The van der Waals surface area contributed by atoms with Gasteiger partial charge in [0.2, 0.25) is 0 Å². The predicted octanol–water partition coefficient (Wildman–Crippen LogP) is 2.04. The van der Waals surface area contributed by atoms with Gasteiger partial charge in [-0.25, -0.2) is 0 Å². The van der Waals surface area contributed by atoms with Crippen molar-refractivity contribution in [3.8, 4) is 0 Å². The standard InChI is InChI=1S/C10H14O2/c11-8(12)10-4-9(5-10,6-10)7-2-1-3-7/h7H,1-6H2,(H,11,12). The molecule has 0 aromatic carbocycles. The second kappa shape index (κ2) is 1.70. The minimum atomic E-state index is -0.538. The van der Waals surface area contributed by atoms with Gasteiger partial charge in [0, 0.05) is 0 Å². The van der Waals surface area contributed by atoms with Crippen molar-refractivity contribution in [3.05, 3.63) is 0 Å². The third-order valence-corrected chi connectivity index (χ3v) is 4.50. The molecule has 4 aliphatic rings. The lowest BCUT2D eigenvalue weighted by atomic mass is 9.30. The summed E-state index contributed by atoms with van der Waals surface area (Å²) >= 11 is 0. The van der Waals surface area contributed by atoms with Gasteiger partial charge in [0.05, 0.1) is 5.41 Å². The van der Waals surface area contributed by atoms with Gasteiger partial charge in [-0.3, -0.25) is 4.79 Å². The number of carbonyl (C=O) groups is 1. The molecule has 0 aliphatic heterocycles. The fourth-order valence-corrected chi connectivity index (χ4v) is 3.55. The summed E-state index contributed by atoms with van der Waals surface area (Å²) in [6, 6.07) is 0. The molecule has 0 saturated heterocycles. The van der Waals surface area contributed by atoms with Gasteiger partial charge in [-0.1, -0.05) is 6.42 Å². The highest BCUT2D eigenvalue weighted by Crippen LogP contribution is 2.78. The third-order valence-electron chi connectivity index (χ3n) is 4.50. The first kappa shape index (κ1) is 6.93. The summed E-state index contributed by atoms with van der Waals surface area (Å²) in [7, 11) is 0. The van der Waals surface area contributed by atoms with Crippen LogP contribution in [0, 0.1) is 16.7 Å². The van der Waals surface area contributed by atoms with E-state index in [9.17, 15) is 4.79 Å². The summed E-state index contributed by atoms with van der Waals surface area (Å²) in [5.41, 5.74) is 0.284. The maximum absolute atomic E-state index is 10.8. The highest BCUT2D eigenvalue weighted by molar-refractivity contribution is 5.79. The molecule has 12 heavy (non-hydrogen) atoms. The van der Waals surface area contributed by atoms with Crippen molar-refractivity contribution in [2.75, 3.05) is 0 Å². The molecule has 2 nitrogen and oxygen atoms in total. The number of rotatable bonds is 2. The molecule has 0 atom stereocenters. The Balaban J connectivity index is 1.70. The largest absolute Gasteiger partial charge is 0.481 e. The van der Waals surface area contributed by atoms with Gasteiger partial charge in [0.1, 0.15) is 0 Å². The molecule has 0 heterocycles. The third kappa shape index (κ3) is 0.540. The molecule has 4 aliphatic carbocycles. The van der Waals surface area contributed by atoms with E-state index in [1.165, 1.54) is 19.3 Å². The molecule has 4 saturated carbocycles. The van der Waals surface area contributed by atoms with Gasteiger partial charge in [-0.15, -0.1) is 0 Å². The van der Waals surface area contributed by atoms with Crippen LogP contribution in [0.25, 0.3) is 0 Å². The Bertz CT molecular complexity index is 233. The minimum Gasteiger partial charge on any atom is -0.481 e. The Morgan fingerprint density at radius 1 is 1.25 bits per heavy atom. The van der Waals surface area contributed by atoms with E-state index >= 15 is 0 Å². The van der Waals surface area contributed by atoms with E-state index in [4.69, 9.17) is 5.11 Å². The molecule has 0 aromatic rings. The SMILES string of the molecule is O=C(O)C12CC(C3CCC3)(C1)C2. The Morgan fingerprint density at radius 2 is 1.83 bits per heavy atom. The number of aliphatic carboxylic acids is 1. The van der Waals surface area contributed by atoms with Crippen LogP contribution in [-0.2, 0) is 4.79 Å². The number of hydrogen-bond donors (Lipinski definition) is 1. The van der Waals surface area contributed by atoms with Gasteiger partial charge < -0.3 is 5.11 Å². The Hall–Kier alpha value is -0.530. The second-order valence-corrected chi connectivity index (χ2v) is 5.11. The molecule has 0 aromatic heterocycles. The van der Waals surface area contributed by atoms with Crippen molar-refractivity contribution in [3.63, 3.8) is 0 Å². The van der Waals surface area contributed by atoms with Crippen LogP contribution in [0.15, 0.2) is 0 Å². The molecule has 2 heteroatoms. The average Bonchev–Trinajstić information content (AvgIpc) is 1.66. The van der Waals surface area contributed by atoms with Crippen LogP contribution < -0.4 is 0 Å². The summed E-state index contributed by atoms with van der Waals surface area (Å²) in [4.78, 5) is 10.8. The molecule has 66 valence electrons. The maximum Gasteiger partial charge on any atom is 0.309 e. The minimum absolute atomic E-state index is 0.240. The molecule has 4 fully saturated rings.